The molecule has 0 fully saturated rings. The molecule has 0 saturated heterocycles. The van der Waals surface area contributed by atoms with Crippen LogP contribution in [-0.2, 0) is 22.6 Å². The third-order valence-corrected chi connectivity index (χ3v) is 4.14. The summed E-state index contributed by atoms with van der Waals surface area (Å²) in [5.41, 5.74) is 9.72. The number of rotatable bonds is 6. The van der Waals surface area contributed by atoms with Crippen LogP contribution >= 0.6 is 0 Å². The Balaban J connectivity index is 1.71. The maximum Gasteiger partial charge on any atom is 0.323 e. The lowest BCUT2D eigenvalue weighted by molar-refractivity contribution is -0.146. The number of carbonyl (C=O) groups excluding carboxylic acids is 1. The number of aromatic hydroxyl groups is 1. The molecule has 3 aromatic rings. The molecule has 0 bridgehead atoms. The fourth-order valence-electron chi connectivity index (χ4n) is 2.80. The summed E-state index contributed by atoms with van der Waals surface area (Å²) in [4.78, 5) is 12.2. The number of nitrogens with two attached hydrogens (primary N) is 1. The van der Waals surface area contributed by atoms with Crippen LogP contribution in [0.5, 0.6) is 5.75 Å². The SMILES string of the molecule is N[C@@H](Cc1cc(O)ccc1-c1ccccc1)C(=O)OCc1ccccc1. The van der Waals surface area contributed by atoms with E-state index in [4.69, 9.17) is 10.5 Å². The summed E-state index contributed by atoms with van der Waals surface area (Å²) in [6.45, 7) is 0.193. The second kappa shape index (κ2) is 8.32. The highest BCUT2D eigenvalue weighted by Gasteiger charge is 2.18. The van der Waals surface area contributed by atoms with Crippen molar-refractivity contribution >= 4 is 5.97 Å². The molecule has 3 aromatic carbocycles. The Morgan fingerprint density at radius 1 is 0.962 bits per heavy atom. The number of esters is 1. The number of phenolic OH excluding ortho intramolecular Hbond substituents is 1. The summed E-state index contributed by atoms with van der Waals surface area (Å²) in [5, 5.41) is 9.83. The first kappa shape index (κ1) is 17.7. The van der Waals surface area contributed by atoms with Gasteiger partial charge in [-0.05, 0) is 40.8 Å². The number of carbonyl (C=O) groups is 1. The summed E-state index contributed by atoms with van der Waals surface area (Å²) < 4.78 is 5.31. The van der Waals surface area contributed by atoms with Gasteiger partial charge in [0.25, 0.3) is 0 Å². The van der Waals surface area contributed by atoms with Crippen molar-refractivity contribution in [2.75, 3.05) is 0 Å². The van der Waals surface area contributed by atoms with E-state index in [1.165, 1.54) is 0 Å². The molecule has 0 aliphatic heterocycles. The van der Waals surface area contributed by atoms with E-state index in [9.17, 15) is 9.90 Å². The normalized spacial score (nSPS) is 11.7. The molecule has 0 unspecified atom stereocenters. The van der Waals surface area contributed by atoms with Crippen molar-refractivity contribution in [1.82, 2.24) is 0 Å². The van der Waals surface area contributed by atoms with Crippen molar-refractivity contribution in [3.8, 4) is 16.9 Å². The second-order valence-corrected chi connectivity index (χ2v) is 6.11. The average Bonchev–Trinajstić information content (AvgIpc) is 2.67. The van der Waals surface area contributed by atoms with Gasteiger partial charge in [0.1, 0.15) is 18.4 Å². The third-order valence-electron chi connectivity index (χ3n) is 4.14. The maximum atomic E-state index is 12.2. The zero-order valence-corrected chi connectivity index (χ0v) is 14.3. The van der Waals surface area contributed by atoms with Crippen molar-refractivity contribution in [3.63, 3.8) is 0 Å². The van der Waals surface area contributed by atoms with Gasteiger partial charge in [-0.1, -0.05) is 66.7 Å². The topological polar surface area (TPSA) is 72.5 Å². The molecule has 0 spiro atoms. The lowest BCUT2D eigenvalue weighted by atomic mass is 9.95. The largest absolute Gasteiger partial charge is 0.508 e. The minimum atomic E-state index is -0.803. The van der Waals surface area contributed by atoms with Crippen LogP contribution in [0.15, 0.2) is 78.9 Å². The van der Waals surface area contributed by atoms with Gasteiger partial charge in [0.05, 0.1) is 0 Å². The zero-order chi connectivity index (χ0) is 18.4. The summed E-state index contributed by atoms with van der Waals surface area (Å²) in [6.07, 6.45) is 0.284. The lowest BCUT2D eigenvalue weighted by Gasteiger charge is -2.15. The Labute approximate surface area is 152 Å². The lowest BCUT2D eigenvalue weighted by Crippen LogP contribution is -2.34. The van der Waals surface area contributed by atoms with E-state index in [1.807, 2.05) is 66.7 Å². The third kappa shape index (κ3) is 4.49. The molecule has 0 aromatic heterocycles. The van der Waals surface area contributed by atoms with Crippen LogP contribution in [0.3, 0.4) is 0 Å². The first-order valence-electron chi connectivity index (χ1n) is 8.47. The van der Waals surface area contributed by atoms with E-state index < -0.39 is 12.0 Å². The Morgan fingerprint density at radius 2 is 1.62 bits per heavy atom. The zero-order valence-electron chi connectivity index (χ0n) is 14.3. The van der Waals surface area contributed by atoms with Crippen molar-refractivity contribution in [2.24, 2.45) is 5.73 Å². The van der Waals surface area contributed by atoms with Crippen molar-refractivity contribution in [3.05, 3.63) is 90.0 Å². The van der Waals surface area contributed by atoms with E-state index in [0.717, 1.165) is 22.3 Å². The van der Waals surface area contributed by atoms with E-state index in [1.54, 1.807) is 12.1 Å². The van der Waals surface area contributed by atoms with Gasteiger partial charge >= 0.3 is 5.97 Å². The summed E-state index contributed by atoms with van der Waals surface area (Å²) in [7, 11) is 0. The monoisotopic (exact) mass is 347 g/mol. The molecule has 132 valence electrons. The molecule has 1 atom stereocenters. The van der Waals surface area contributed by atoms with Crippen LogP contribution in [-0.4, -0.2) is 17.1 Å². The predicted octanol–water partition coefficient (Wildman–Crippen LogP) is 3.67. The van der Waals surface area contributed by atoms with E-state index in [2.05, 4.69) is 0 Å². The number of benzene rings is 3. The van der Waals surface area contributed by atoms with Crippen LogP contribution < -0.4 is 5.73 Å². The highest BCUT2D eigenvalue weighted by Crippen LogP contribution is 2.27. The Kier molecular flexibility index (Phi) is 5.66. The van der Waals surface area contributed by atoms with Crippen LogP contribution in [0.1, 0.15) is 11.1 Å². The molecule has 4 nitrogen and oxygen atoms in total. The number of hydrogen-bond acceptors (Lipinski definition) is 4. The number of hydrogen-bond donors (Lipinski definition) is 2. The van der Waals surface area contributed by atoms with Crippen LogP contribution in [0.25, 0.3) is 11.1 Å². The fourth-order valence-corrected chi connectivity index (χ4v) is 2.80. The molecule has 3 rings (SSSR count). The molecule has 0 heterocycles. The van der Waals surface area contributed by atoms with Gasteiger partial charge in [0.15, 0.2) is 0 Å². The van der Waals surface area contributed by atoms with Gasteiger partial charge in [0.2, 0.25) is 0 Å². The van der Waals surface area contributed by atoms with Gasteiger partial charge in [-0.2, -0.15) is 0 Å². The van der Waals surface area contributed by atoms with Gasteiger partial charge in [0, 0.05) is 0 Å². The average molecular weight is 347 g/mol. The molecule has 4 heteroatoms. The maximum absolute atomic E-state index is 12.2. The van der Waals surface area contributed by atoms with Gasteiger partial charge in [-0.25, -0.2) is 0 Å². The quantitative estimate of drug-likeness (QED) is 0.667. The summed E-state index contributed by atoms with van der Waals surface area (Å²) in [6, 6.07) is 23.6. The number of phenols is 1. The molecular weight excluding hydrogens is 326 g/mol. The highest BCUT2D eigenvalue weighted by molar-refractivity contribution is 5.77. The summed E-state index contributed by atoms with van der Waals surface area (Å²) >= 11 is 0. The molecule has 26 heavy (non-hydrogen) atoms. The van der Waals surface area contributed by atoms with E-state index in [0.29, 0.717) is 0 Å². The smallest absolute Gasteiger partial charge is 0.323 e. The molecule has 0 radical (unpaired) electrons. The minimum absolute atomic E-state index is 0.143. The standard InChI is InChI=1S/C22H21NO3/c23-21(22(25)26-15-16-7-3-1-4-8-16)14-18-13-19(24)11-12-20(18)17-9-5-2-6-10-17/h1-13,21,24H,14-15,23H2/t21-/m0/s1. The molecule has 0 aliphatic carbocycles. The van der Waals surface area contributed by atoms with E-state index in [-0.39, 0.29) is 18.8 Å². The van der Waals surface area contributed by atoms with Crippen LogP contribution in [0.4, 0.5) is 0 Å². The molecular formula is C22H21NO3. The van der Waals surface area contributed by atoms with Gasteiger partial charge in [-0.3, -0.25) is 4.79 Å². The van der Waals surface area contributed by atoms with Gasteiger partial charge in [-0.15, -0.1) is 0 Å². The number of ether oxygens (including phenoxy) is 1. The highest BCUT2D eigenvalue weighted by atomic mass is 16.5. The van der Waals surface area contributed by atoms with Crippen molar-refractivity contribution in [2.45, 2.75) is 19.1 Å². The molecule has 0 amide bonds. The first-order valence-corrected chi connectivity index (χ1v) is 8.47. The van der Waals surface area contributed by atoms with Crippen LogP contribution in [0, 0.1) is 0 Å². The van der Waals surface area contributed by atoms with Crippen LogP contribution in [0.2, 0.25) is 0 Å². The van der Waals surface area contributed by atoms with Crippen molar-refractivity contribution in [1.29, 1.82) is 0 Å². The minimum Gasteiger partial charge on any atom is -0.508 e. The van der Waals surface area contributed by atoms with Crippen molar-refractivity contribution < 1.29 is 14.6 Å². The van der Waals surface area contributed by atoms with Gasteiger partial charge < -0.3 is 15.6 Å². The molecule has 0 saturated carbocycles. The fraction of sp³-hybridized carbons (Fsp3) is 0.136. The first-order chi connectivity index (χ1) is 12.6. The summed E-state index contributed by atoms with van der Waals surface area (Å²) in [5.74, 6) is -0.319. The molecule has 0 aliphatic rings. The predicted molar refractivity (Wildman–Crippen MR) is 101 cm³/mol. The van der Waals surface area contributed by atoms with E-state index >= 15 is 0 Å². The second-order valence-electron chi connectivity index (χ2n) is 6.11. The molecule has 3 N–H and O–H groups in total. The Morgan fingerprint density at radius 3 is 2.31 bits per heavy atom. The Hall–Kier alpha value is -3.11. The Bertz CT molecular complexity index is 863.